The Balaban J connectivity index is 2.78. The molecule has 92 valence electrons. The van der Waals surface area contributed by atoms with Gasteiger partial charge in [-0.15, -0.1) is 0 Å². The van der Waals surface area contributed by atoms with Crippen LogP contribution in [0, 0.1) is 17.5 Å². The van der Waals surface area contributed by atoms with Gasteiger partial charge in [0.05, 0.1) is 13.0 Å². The molecule has 0 radical (unpaired) electrons. The van der Waals surface area contributed by atoms with Crippen LogP contribution in [-0.4, -0.2) is 12.6 Å². The van der Waals surface area contributed by atoms with E-state index in [9.17, 15) is 18.0 Å². The van der Waals surface area contributed by atoms with E-state index in [1.165, 1.54) is 6.08 Å². The van der Waals surface area contributed by atoms with Crippen LogP contribution in [0.5, 0.6) is 0 Å². The Bertz CT molecular complexity index is 442. The van der Waals surface area contributed by atoms with Gasteiger partial charge in [0, 0.05) is 5.56 Å². The summed E-state index contributed by atoms with van der Waals surface area (Å²) in [5, 5.41) is 0. The number of ether oxygens (including phenoxy) is 1. The van der Waals surface area contributed by atoms with E-state index in [-0.39, 0.29) is 13.0 Å². The number of benzene rings is 1. The van der Waals surface area contributed by atoms with Gasteiger partial charge in [-0.25, -0.2) is 13.2 Å². The molecule has 1 rings (SSSR count). The fourth-order valence-electron chi connectivity index (χ4n) is 1.19. The van der Waals surface area contributed by atoms with Gasteiger partial charge in [-0.1, -0.05) is 12.2 Å². The van der Waals surface area contributed by atoms with E-state index < -0.39 is 29.0 Å². The first kappa shape index (κ1) is 13.3. The molecule has 17 heavy (non-hydrogen) atoms. The standard InChI is InChI=1S/C12H11F3O2/c1-2-17-11(16)5-3-4-8-9(13)6-7-10(14)12(8)15/h3-4,6-7H,2,5H2,1H3. The summed E-state index contributed by atoms with van der Waals surface area (Å²) < 4.78 is 43.7. The Kier molecular flexibility index (Phi) is 4.75. The third kappa shape index (κ3) is 3.62. The minimum Gasteiger partial charge on any atom is -0.466 e. The molecule has 0 amide bonds. The van der Waals surface area contributed by atoms with Gasteiger partial charge in [0.15, 0.2) is 11.6 Å². The van der Waals surface area contributed by atoms with Crippen LogP contribution in [0.1, 0.15) is 18.9 Å². The summed E-state index contributed by atoms with van der Waals surface area (Å²) in [6.07, 6.45) is 2.12. The molecule has 0 fully saturated rings. The molecule has 2 nitrogen and oxygen atoms in total. The number of hydrogen-bond acceptors (Lipinski definition) is 2. The third-order valence-corrected chi connectivity index (χ3v) is 1.95. The molecule has 0 atom stereocenters. The second kappa shape index (κ2) is 6.08. The molecule has 0 bridgehead atoms. The monoisotopic (exact) mass is 244 g/mol. The maximum absolute atomic E-state index is 13.2. The van der Waals surface area contributed by atoms with Crippen molar-refractivity contribution in [1.82, 2.24) is 0 Å². The summed E-state index contributed by atoms with van der Waals surface area (Å²) >= 11 is 0. The van der Waals surface area contributed by atoms with E-state index in [1.54, 1.807) is 6.92 Å². The molecule has 0 unspecified atom stereocenters. The van der Waals surface area contributed by atoms with Gasteiger partial charge in [0.2, 0.25) is 0 Å². The van der Waals surface area contributed by atoms with Crippen molar-refractivity contribution in [1.29, 1.82) is 0 Å². The summed E-state index contributed by atoms with van der Waals surface area (Å²) in [7, 11) is 0. The predicted octanol–water partition coefficient (Wildman–Crippen LogP) is 3.07. The molecule has 0 heterocycles. The molecule has 0 saturated heterocycles. The first-order chi connectivity index (χ1) is 8.06. The van der Waals surface area contributed by atoms with E-state index in [4.69, 9.17) is 0 Å². The molecule has 1 aromatic rings. The topological polar surface area (TPSA) is 26.3 Å². The van der Waals surface area contributed by atoms with Gasteiger partial charge in [-0.3, -0.25) is 4.79 Å². The number of halogens is 3. The molecule has 0 saturated carbocycles. The molecule has 0 aromatic heterocycles. The zero-order valence-corrected chi connectivity index (χ0v) is 9.17. The van der Waals surface area contributed by atoms with Crippen molar-refractivity contribution in [2.75, 3.05) is 6.61 Å². The largest absolute Gasteiger partial charge is 0.466 e. The van der Waals surface area contributed by atoms with Crippen molar-refractivity contribution in [2.45, 2.75) is 13.3 Å². The van der Waals surface area contributed by atoms with Gasteiger partial charge < -0.3 is 4.74 Å². The number of rotatable bonds is 4. The summed E-state index contributed by atoms with van der Waals surface area (Å²) in [5.41, 5.74) is -0.505. The highest BCUT2D eigenvalue weighted by Gasteiger charge is 2.10. The van der Waals surface area contributed by atoms with Crippen molar-refractivity contribution in [3.63, 3.8) is 0 Å². The maximum Gasteiger partial charge on any atom is 0.309 e. The van der Waals surface area contributed by atoms with Crippen LogP contribution in [-0.2, 0) is 9.53 Å². The summed E-state index contributed by atoms with van der Waals surface area (Å²) in [4.78, 5) is 10.9. The fourth-order valence-corrected chi connectivity index (χ4v) is 1.19. The average Bonchev–Trinajstić information content (AvgIpc) is 2.29. The fraction of sp³-hybridized carbons (Fsp3) is 0.250. The predicted molar refractivity (Wildman–Crippen MR) is 56.6 cm³/mol. The van der Waals surface area contributed by atoms with Crippen LogP contribution < -0.4 is 0 Å². The number of hydrogen-bond donors (Lipinski definition) is 0. The van der Waals surface area contributed by atoms with Crippen LogP contribution in [0.25, 0.3) is 6.08 Å². The van der Waals surface area contributed by atoms with Crippen LogP contribution in [0.2, 0.25) is 0 Å². The van der Waals surface area contributed by atoms with Crippen LogP contribution in [0.3, 0.4) is 0 Å². The molecule has 0 aliphatic heterocycles. The summed E-state index contributed by atoms with van der Waals surface area (Å²) in [6.45, 7) is 1.88. The Morgan fingerprint density at radius 1 is 1.29 bits per heavy atom. The summed E-state index contributed by atoms with van der Waals surface area (Å²) in [5.74, 6) is -3.81. The highest BCUT2D eigenvalue weighted by Crippen LogP contribution is 2.17. The van der Waals surface area contributed by atoms with Crippen molar-refractivity contribution < 1.29 is 22.7 Å². The minimum atomic E-state index is -1.27. The number of esters is 1. The zero-order chi connectivity index (χ0) is 12.8. The molecule has 0 aliphatic rings. The minimum absolute atomic E-state index is 0.122. The lowest BCUT2D eigenvalue weighted by Gasteiger charge is -2.00. The summed E-state index contributed by atoms with van der Waals surface area (Å²) in [6, 6.07) is 1.52. The SMILES string of the molecule is CCOC(=O)CC=Cc1c(F)ccc(F)c1F. The maximum atomic E-state index is 13.2. The molecule has 0 N–H and O–H groups in total. The average molecular weight is 244 g/mol. The molecule has 1 aromatic carbocycles. The quantitative estimate of drug-likeness (QED) is 0.601. The van der Waals surface area contributed by atoms with Crippen molar-refractivity contribution in [3.8, 4) is 0 Å². The lowest BCUT2D eigenvalue weighted by molar-refractivity contribution is -0.142. The molecular weight excluding hydrogens is 233 g/mol. The van der Waals surface area contributed by atoms with Gasteiger partial charge in [0.25, 0.3) is 0 Å². The highest BCUT2D eigenvalue weighted by atomic mass is 19.2. The highest BCUT2D eigenvalue weighted by molar-refractivity contribution is 5.72. The first-order valence-corrected chi connectivity index (χ1v) is 5.02. The van der Waals surface area contributed by atoms with Gasteiger partial charge in [-0.2, -0.15) is 0 Å². The molecule has 0 spiro atoms. The van der Waals surface area contributed by atoms with E-state index in [0.717, 1.165) is 12.1 Å². The van der Waals surface area contributed by atoms with Crippen molar-refractivity contribution >= 4 is 12.0 Å². The molecule has 0 aliphatic carbocycles. The molecule has 5 heteroatoms. The Labute approximate surface area is 96.7 Å². The van der Waals surface area contributed by atoms with Gasteiger partial charge in [0.1, 0.15) is 5.82 Å². The Morgan fingerprint density at radius 3 is 2.59 bits per heavy atom. The number of carbonyl (C=O) groups is 1. The van der Waals surface area contributed by atoms with Crippen molar-refractivity contribution in [2.24, 2.45) is 0 Å². The van der Waals surface area contributed by atoms with E-state index in [1.807, 2.05) is 0 Å². The van der Waals surface area contributed by atoms with Crippen LogP contribution in [0.15, 0.2) is 18.2 Å². The lowest BCUT2D eigenvalue weighted by Crippen LogP contribution is -2.01. The van der Waals surface area contributed by atoms with E-state index >= 15 is 0 Å². The third-order valence-electron chi connectivity index (χ3n) is 1.95. The van der Waals surface area contributed by atoms with Crippen molar-refractivity contribution in [3.05, 3.63) is 41.2 Å². The van der Waals surface area contributed by atoms with Gasteiger partial charge >= 0.3 is 5.97 Å². The Hall–Kier alpha value is -1.78. The first-order valence-electron chi connectivity index (χ1n) is 5.02. The van der Waals surface area contributed by atoms with Crippen LogP contribution >= 0.6 is 0 Å². The van der Waals surface area contributed by atoms with Crippen LogP contribution in [0.4, 0.5) is 13.2 Å². The van der Waals surface area contributed by atoms with E-state index in [0.29, 0.717) is 6.07 Å². The number of carbonyl (C=O) groups excluding carboxylic acids is 1. The zero-order valence-electron chi connectivity index (χ0n) is 9.17. The molecular formula is C12H11F3O2. The van der Waals surface area contributed by atoms with Gasteiger partial charge in [-0.05, 0) is 19.1 Å². The lowest BCUT2D eigenvalue weighted by atomic mass is 10.1. The second-order valence-electron chi connectivity index (χ2n) is 3.17. The van der Waals surface area contributed by atoms with E-state index in [2.05, 4.69) is 4.74 Å². The Morgan fingerprint density at radius 2 is 1.94 bits per heavy atom. The normalized spacial score (nSPS) is 10.8. The smallest absolute Gasteiger partial charge is 0.309 e. The second-order valence-corrected chi connectivity index (χ2v) is 3.17.